The Kier molecular flexibility index (Phi) is 5.92. The maximum Gasteiger partial charge on any atom is 0.325 e. The van der Waals surface area contributed by atoms with E-state index in [4.69, 9.17) is 27.9 Å². The molecule has 0 saturated carbocycles. The molecule has 1 heterocycles. The smallest absolute Gasteiger partial charge is 0.325 e. The molecule has 0 saturated heterocycles. The fourth-order valence-corrected chi connectivity index (χ4v) is 3.14. The molecule has 2 N–H and O–H groups in total. The van der Waals surface area contributed by atoms with Crippen molar-refractivity contribution >= 4 is 51.4 Å². The maximum atomic E-state index is 12.1. The van der Waals surface area contributed by atoms with Crippen molar-refractivity contribution in [1.29, 1.82) is 0 Å². The third-order valence-electron chi connectivity index (χ3n) is 3.21. The molecule has 2 aromatic carbocycles. The molecule has 0 bridgehead atoms. The molecule has 9 heteroatoms. The van der Waals surface area contributed by atoms with Gasteiger partial charge < -0.3 is 10.1 Å². The van der Waals surface area contributed by atoms with Crippen LogP contribution in [0.1, 0.15) is 6.92 Å². The lowest BCUT2D eigenvalue weighted by atomic mass is 10.2. The number of nitrogens with one attached hydrogen (secondary N) is 2. The van der Waals surface area contributed by atoms with Crippen LogP contribution in [0.25, 0.3) is 10.6 Å². The number of ether oxygens (including phenoxy) is 1. The number of nitrogens with zero attached hydrogens (tertiary/aromatic N) is 2. The normalized spacial score (nSPS) is 10.4. The van der Waals surface area contributed by atoms with Crippen molar-refractivity contribution in [3.63, 3.8) is 0 Å². The quantitative estimate of drug-likeness (QED) is 0.579. The molecule has 0 aliphatic carbocycles. The van der Waals surface area contributed by atoms with Crippen LogP contribution in [-0.2, 0) is 0 Å². The van der Waals surface area contributed by atoms with E-state index in [1.807, 2.05) is 31.2 Å². The van der Waals surface area contributed by atoms with Gasteiger partial charge in [-0.3, -0.25) is 5.32 Å². The number of aromatic nitrogens is 2. The van der Waals surface area contributed by atoms with Gasteiger partial charge in [-0.15, -0.1) is 10.2 Å². The fraction of sp³-hybridized carbons (Fsp3) is 0.118. The summed E-state index contributed by atoms with van der Waals surface area (Å²) < 4.78 is 5.48. The van der Waals surface area contributed by atoms with Crippen molar-refractivity contribution in [3.8, 4) is 16.3 Å². The summed E-state index contributed by atoms with van der Waals surface area (Å²) >= 11 is 13.0. The first-order chi connectivity index (χ1) is 12.5. The van der Waals surface area contributed by atoms with Crippen molar-refractivity contribution in [2.45, 2.75) is 6.92 Å². The van der Waals surface area contributed by atoms with Gasteiger partial charge in [0.1, 0.15) is 10.8 Å². The predicted octanol–water partition coefficient (Wildman–Crippen LogP) is 5.55. The van der Waals surface area contributed by atoms with Crippen LogP contribution < -0.4 is 15.4 Å². The molecule has 0 radical (unpaired) electrons. The van der Waals surface area contributed by atoms with E-state index in [-0.39, 0.29) is 0 Å². The van der Waals surface area contributed by atoms with Gasteiger partial charge in [-0.2, -0.15) is 0 Å². The standard InChI is InChI=1S/C17H14Cl2N4O2S/c1-2-25-12-5-3-4-10(8-12)15-22-23-17(26-15)21-16(24)20-11-6-7-13(18)14(19)9-11/h3-9H,2H2,1H3,(H2,20,21,23,24). The molecule has 1 aromatic heterocycles. The number of urea groups is 1. The number of benzene rings is 2. The van der Waals surface area contributed by atoms with Crippen LogP contribution >= 0.6 is 34.5 Å². The largest absolute Gasteiger partial charge is 0.494 e. The molecule has 0 spiro atoms. The molecule has 0 aliphatic heterocycles. The lowest BCUT2D eigenvalue weighted by molar-refractivity contribution is 0.262. The molecule has 3 rings (SSSR count). The lowest BCUT2D eigenvalue weighted by Gasteiger charge is -2.06. The first-order valence-corrected chi connectivity index (χ1v) is 9.22. The van der Waals surface area contributed by atoms with Gasteiger partial charge in [-0.25, -0.2) is 4.79 Å². The Balaban J connectivity index is 1.67. The van der Waals surface area contributed by atoms with E-state index in [0.29, 0.717) is 32.5 Å². The predicted molar refractivity (Wildman–Crippen MR) is 106 cm³/mol. The summed E-state index contributed by atoms with van der Waals surface area (Å²) in [5, 5.41) is 15.2. The average molecular weight is 409 g/mol. The summed E-state index contributed by atoms with van der Waals surface area (Å²) in [5.41, 5.74) is 1.39. The number of rotatable bonds is 5. The molecule has 134 valence electrons. The SMILES string of the molecule is CCOc1cccc(-c2nnc(NC(=O)Nc3ccc(Cl)c(Cl)c3)s2)c1. The molecule has 3 aromatic rings. The number of hydrogen-bond donors (Lipinski definition) is 2. The van der Waals surface area contributed by atoms with E-state index < -0.39 is 6.03 Å². The van der Waals surface area contributed by atoms with E-state index in [1.54, 1.807) is 18.2 Å². The third kappa shape index (κ3) is 4.63. The molecule has 0 fully saturated rings. The van der Waals surface area contributed by atoms with Crippen molar-refractivity contribution < 1.29 is 9.53 Å². The van der Waals surface area contributed by atoms with Crippen LogP contribution in [0.15, 0.2) is 42.5 Å². The molecule has 0 aliphatic rings. The second-order valence-electron chi connectivity index (χ2n) is 5.08. The zero-order valence-corrected chi connectivity index (χ0v) is 16.0. The zero-order valence-electron chi connectivity index (χ0n) is 13.6. The van der Waals surface area contributed by atoms with E-state index in [2.05, 4.69) is 20.8 Å². The molecule has 6 nitrogen and oxygen atoms in total. The van der Waals surface area contributed by atoms with Crippen molar-refractivity contribution in [2.24, 2.45) is 0 Å². The molecule has 0 unspecified atom stereocenters. The van der Waals surface area contributed by atoms with E-state index >= 15 is 0 Å². The zero-order chi connectivity index (χ0) is 18.5. The summed E-state index contributed by atoms with van der Waals surface area (Å²) in [6.45, 7) is 2.51. The van der Waals surface area contributed by atoms with Crippen LogP contribution in [0, 0.1) is 0 Å². The fourth-order valence-electron chi connectivity index (χ4n) is 2.11. The Bertz CT molecular complexity index is 933. The Morgan fingerprint density at radius 3 is 2.73 bits per heavy atom. The minimum absolute atomic E-state index is 0.358. The number of halogens is 2. The van der Waals surface area contributed by atoms with Crippen LogP contribution in [-0.4, -0.2) is 22.8 Å². The third-order valence-corrected chi connectivity index (χ3v) is 4.84. The van der Waals surface area contributed by atoms with Gasteiger partial charge in [-0.05, 0) is 37.3 Å². The van der Waals surface area contributed by atoms with Crippen molar-refractivity contribution in [2.75, 3.05) is 17.2 Å². The monoisotopic (exact) mass is 408 g/mol. The van der Waals surface area contributed by atoms with Crippen LogP contribution in [0.2, 0.25) is 10.0 Å². The summed E-state index contributed by atoms with van der Waals surface area (Å²) in [7, 11) is 0. The lowest BCUT2D eigenvalue weighted by Crippen LogP contribution is -2.19. The summed E-state index contributed by atoms with van der Waals surface area (Å²) in [6.07, 6.45) is 0. The first kappa shape index (κ1) is 18.4. The minimum atomic E-state index is -0.450. The molecular weight excluding hydrogens is 395 g/mol. The summed E-state index contributed by atoms with van der Waals surface area (Å²) in [6, 6.07) is 11.9. The second kappa shape index (κ2) is 8.35. The summed E-state index contributed by atoms with van der Waals surface area (Å²) in [4.78, 5) is 12.1. The Hall–Kier alpha value is -2.35. The highest BCUT2D eigenvalue weighted by Gasteiger charge is 2.11. The van der Waals surface area contributed by atoms with E-state index in [0.717, 1.165) is 11.3 Å². The van der Waals surface area contributed by atoms with Gasteiger partial charge in [0.15, 0.2) is 0 Å². The molecule has 0 atom stereocenters. The van der Waals surface area contributed by atoms with Gasteiger partial charge >= 0.3 is 6.03 Å². The molecule has 26 heavy (non-hydrogen) atoms. The van der Waals surface area contributed by atoms with Crippen LogP contribution in [0.5, 0.6) is 5.75 Å². The van der Waals surface area contributed by atoms with Crippen molar-refractivity contribution in [1.82, 2.24) is 10.2 Å². The number of carbonyl (C=O) groups is 1. The highest BCUT2D eigenvalue weighted by Crippen LogP contribution is 2.29. The highest BCUT2D eigenvalue weighted by molar-refractivity contribution is 7.18. The Labute approximate surface area is 164 Å². The Morgan fingerprint density at radius 2 is 1.96 bits per heavy atom. The van der Waals surface area contributed by atoms with Crippen molar-refractivity contribution in [3.05, 3.63) is 52.5 Å². The highest BCUT2D eigenvalue weighted by atomic mass is 35.5. The van der Waals surface area contributed by atoms with Crippen LogP contribution in [0.4, 0.5) is 15.6 Å². The van der Waals surface area contributed by atoms with E-state index in [9.17, 15) is 4.79 Å². The van der Waals surface area contributed by atoms with Gasteiger partial charge in [0.2, 0.25) is 5.13 Å². The van der Waals surface area contributed by atoms with Gasteiger partial charge in [-0.1, -0.05) is 46.7 Å². The van der Waals surface area contributed by atoms with Gasteiger partial charge in [0.25, 0.3) is 0 Å². The molecule has 2 amide bonds. The van der Waals surface area contributed by atoms with Gasteiger partial charge in [0.05, 0.1) is 16.7 Å². The number of carbonyl (C=O) groups excluding carboxylic acids is 1. The minimum Gasteiger partial charge on any atom is -0.494 e. The number of anilines is 2. The first-order valence-electron chi connectivity index (χ1n) is 7.65. The Morgan fingerprint density at radius 1 is 1.12 bits per heavy atom. The second-order valence-corrected chi connectivity index (χ2v) is 6.87. The number of amides is 2. The summed E-state index contributed by atoms with van der Waals surface area (Å²) in [5.74, 6) is 0.757. The topological polar surface area (TPSA) is 76.1 Å². The number of hydrogen-bond acceptors (Lipinski definition) is 5. The maximum absolute atomic E-state index is 12.1. The molecular formula is C17H14Cl2N4O2S. The van der Waals surface area contributed by atoms with Gasteiger partial charge in [0, 0.05) is 11.3 Å². The van der Waals surface area contributed by atoms with Crippen LogP contribution in [0.3, 0.4) is 0 Å². The van der Waals surface area contributed by atoms with E-state index in [1.165, 1.54) is 11.3 Å². The average Bonchev–Trinajstić information content (AvgIpc) is 3.07.